The molecular formula is C12H17BrN2O. The molecule has 1 heterocycles. The minimum Gasteiger partial charge on any atom is -0.395 e. The zero-order chi connectivity index (χ0) is 11.4. The normalized spacial score (nSPS) is 20.4. The zero-order valence-electron chi connectivity index (χ0n) is 9.19. The second-order valence-electron chi connectivity index (χ2n) is 4.09. The summed E-state index contributed by atoms with van der Waals surface area (Å²) in [5.74, 6) is 0. The van der Waals surface area contributed by atoms with E-state index in [9.17, 15) is 0 Å². The third-order valence-electron chi connectivity index (χ3n) is 2.91. The highest BCUT2D eigenvalue weighted by atomic mass is 79.9. The van der Waals surface area contributed by atoms with Gasteiger partial charge < -0.3 is 15.3 Å². The van der Waals surface area contributed by atoms with Crippen molar-refractivity contribution in [1.82, 2.24) is 5.32 Å². The Kier molecular flexibility index (Phi) is 4.21. The molecule has 1 atom stereocenters. The van der Waals surface area contributed by atoms with Crippen LogP contribution in [0.2, 0.25) is 0 Å². The minimum atomic E-state index is 0.216. The van der Waals surface area contributed by atoms with Crippen LogP contribution in [0.5, 0.6) is 0 Å². The van der Waals surface area contributed by atoms with Crippen molar-refractivity contribution in [2.75, 3.05) is 31.1 Å². The molecule has 1 unspecified atom stereocenters. The summed E-state index contributed by atoms with van der Waals surface area (Å²) in [5, 5.41) is 12.1. The first-order chi connectivity index (χ1) is 7.79. The maximum absolute atomic E-state index is 8.76. The lowest BCUT2D eigenvalue weighted by Crippen LogP contribution is -2.34. The number of hydrogen-bond acceptors (Lipinski definition) is 3. The van der Waals surface area contributed by atoms with Crippen molar-refractivity contribution in [3.05, 3.63) is 28.7 Å². The monoisotopic (exact) mass is 284 g/mol. The molecule has 0 amide bonds. The van der Waals surface area contributed by atoms with Gasteiger partial charge in [-0.15, -0.1) is 0 Å². The van der Waals surface area contributed by atoms with Crippen LogP contribution in [0.15, 0.2) is 28.7 Å². The Morgan fingerprint density at radius 3 is 3.12 bits per heavy atom. The molecule has 1 saturated heterocycles. The van der Waals surface area contributed by atoms with E-state index in [4.69, 9.17) is 5.11 Å². The standard InChI is InChI=1S/C12H17BrN2O/c13-10-2-1-3-12(8-10)15-6-4-11(9-15)14-5-7-16/h1-3,8,11,14,16H,4-7,9H2. The van der Waals surface area contributed by atoms with Crippen LogP contribution >= 0.6 is 15.9 Å². The predicted molar refractivity (Wildman–Crippen MR) is 69.8 cm³/mol. The minimum absolute atomic E-state index is 0.216. The van der Waals surface area contributed by atoms with Gasteiger partial charge >= 0.3 is 0 Å². The summed E-state index contributed by atoms with van der Waals surface area (Å²) in [6.07, 6.45) is 1.15. The van der Waals surface area contributed by atoms with Gasteiger partial charge in [-0.25, -0.2) is 0 Å². The molecule has 2 rings (SSSR count). The summed E-state index contributed by atoms with van der Waals surface area (Å²) in [7, 11) is 0. The van der Waals surface area contributed by atoms with E-state index in [1.54, 1.807) is 0 Å². The topological polar surface area (TPSA) is 35.5 Å². The lowest BCUT2D eigenvalue weighted by molar-refractivity contribution is 0.286. The van der Waals surface area contributed by atoms with E-state index >= 15 is 0 Å². The van der Waals surface area contributed by atoms with Crippen molar-refractivity contribution in [2.24, 2.45) is 0 Å². The number of halogens is 1. The molecule has 0 saturated carbocycles. The first-order valence-corrected chi connectivity index (χ1v) is 6.43. The Labute approximate surface area is 105 Å². The maximum Gasteiger partial charge on any atom is 0.0556 e. The molecule has 1 aliphatic heterocycles. The number of benzene rings is 1. The van der Waals surface area contributed by atoms with Crippen molar-refractivity contribution < 1.29 is 5.11 Å². The van der Waals surface area contributed by atoms with Crippen LogP contribution in [-0.4, -0.2) is 37.4 Å². The predicted octanol–water partition coefficient (Wildman–Crippen LogP) is 1.61. The van der Waals surface area contributed by atoms with E-state index in [0.29, 0.717) is 12.6 Å². The smallest absolute Gasteiger partial charge is 0.0556 e. The van der Waals surface area contributed by atoms with Crippen molar-refractivity contribution >= 4 is 21.6 Å². The molecule has 1 aromatic carbocycles. The number of anilines is 1. The van der Waals surface area contributed by atoms with E-state index < -0.39 is 0 Å². The lowest BCUT2D eigenvalue weighted by Gasteiger charge is -2.19. The summed E-state index contributed by atoms with van der Waals surface area (Å²) in [4.78, 5) is 2.37. The molecule has 4 heteroatoms. The molecule has 16 heavy (non-hydrogen) atoms. The average molecular weight is 285 g/mol. The van der Waals surface area contributed by atoms with E-state index in [2.05, 4.69) is 44.3 Å². The van der Waals surface area contributed by atoms with Crippen molar-refractivity contribution in [1.29, 1.82) is 0 Å². The second kappa shape index (κ2) is 5.66. The Morgan fingerprint density at radius 2 is 2.38 bits per heavy atom. The Balaban J connectivity index is 1.93. The van der Waals surface area contributed by atoms with Crippen LogP contribution in [0.3, 0.4) is 0 Å². The molecule has 1 fully saturated rings. The zero-order valence-corrected chi connectivity index (χ0v) is 10.8. The average Bonchev–Trinajstić information content (AvgIpc) is 2.75. The van der Waals surface area contributed by atoms with Gasteiger partial charge in [0.05, 0.1) is 6.61 Å². The molecule has 0 bridgehead atoms. The molecule has 0 spiro atoms. The number of hydrogen-bond donors (Lipinski definition) is 2. The third-order valence-corrected chi connectivity index (χ3v) is 3.40. The molecule has 3 nitrogen and oxygen atoms in total. The van der Waals surface area contributed by atoms with E-state index in [-0.39, 0.29) is 6.61 Å². The van der Waals surface area contributed by atoms with Crippen molar-refractivity contribution in [3.63, 3.8) is 0 Å². The summed E-state index contributed by atoms with van der Waals surface area (Å²) in [5.41, 5.74) is 1.27. The van der Waals surface area contributed by atoms with Gasteiger partial charge in [0, 0.05) is 35.8 Å². The fraction of sp³-hybridized carbons (Fsp3) is 0.500. The Morgan fingerprint density at radius 1 is 1.50 bits per heavy atom. The van der Waals surface area contributed by atoms with Crippen LogP contribution in [0.25, 0.3) is 0 Å². The maximum atomic E-state index is 8.76. The van der Waals surface area contributed by atoms with E-state index in [1.165, 1.54) is 5.69 Å². The fourth-order valence-electron chi connectivity index (χ4n) is 2.10. The van der Waals surface area contributed by atoms with Gasteiger partial charge in [0.2, 0.25) is 0 Å². The van der Waals surface area contributed by atoms with Crippen LogP contribution < -0.4 is 10.2 Å². The van der Waals surface area contributed by atoms with Crippen LogP contribution in [0.4, 0.5) is 5.69 Å². The highest BCUT2D eigenvalue weighted by molar-refractivity contribution is 9.10. The number of aliphatic hydroxyl groups is 1. The third kappa shape index (κ3) is 2.97. The Hall–Kier alpha value is -0.580. The molecule has 1 aliphatic rings. The molecule has 1 aromatic rings. The quantitative estimate of drug-likeness (QED) is 0.882. The van der Waals surface area contributed by atoms with Gasteiger partial charge in [-0.1, -0.05) is 22.0 Å². The van der Waals surface area contributed by atoms with E-state index in [1.807, 2.05) is 6.07 Å². The highest BCUT2D eigenvalue weighted by Gasteiger charge is 2.21. The fourth-order valence-corrected chi connectivity index (χ4v) is 2.49. The summed E-state index contributed by atoms with van der Waals surface area (Å²) < 4.78 is 1.12. The van der Waals surface area contributed by atoms with Gasteiger partial charge in [0.1, 0.15) is 0 Å². The molecule has 2 N–H and O–H groups in total. The number of aliphatic hydroxyl groups excluding tert-OH is 1. The van der Waals surface area contributed by atoms with Crippen molar-refractivity contribution in [3.8, 4) is 0 Å². The second-order valence-corrected chi connectivity index (χ2v) is 5.00. The highest BCUT2D eigenvalue weighted by Crippen LogP contribution is 2.23. The summed E-state index contributed by atoms with van der Waals surface area (Å²) >= 11 is 3.49. The Bertz CT molecular complexity index is 346. The van der Waals surface area contributed by atoms with Gasteiger partial charge in [-0.3, -0.25) is 0 Å². The largest absolute Gasteiger partial charge is 0.395 e. The van der Waals surface area contributed by atoms with Crippen molar-refractivity contribution in [2.45, 2.75) is 12.5 Å². The molecule has 0 aromatic heterocycles. The number of rotatable bonds is 4. The molecule has 0 aliphatic carbocycles. The summed E-state index contributed by atoms with van der Waals surface area (Å²) in [6.45, 7) is 3.01. The molecular weight excluding hydrogens is 268 g/mol. The van der Waals surface area contributed by atoms with Crippen LogP contribution in [-0.2, 0) is 0 Å². The first-order valence-electron chi connectivity index (χ1n) is 5.64. The van der Waals surface area contributed by atoms with E-state index in [0.717, 1.165) is 24.0 Å². The first kappa shape index (κ1) is 11.9. The SMILES string of the molecule is OCCNC1CCN(c2cccc(Br)c2)C1. The van der Waals surface area contributed by atoms with Gasteiger partial charge in [-0.05, 0) is 24.6 Å². The van der Waals surface area contributed by atoms with Gasteiger partial charge in [0.15, 0.2) is 0 Å². The number of nitrogens with one attached hydrogen (secondary N) is 1. The summed E-state index contributed by atoms with van der Waals surface area (Å²) in [6, 6.07) is 8.90. The van der Waals surface area contributed by atoms with Gasteiger partial charge in [0.25, 0.3) is 0 Å². The van der Waals surface area contributed by atoms with Crippen LogP contribution in [0.1, 0.15) is 6.42 Å². The van der Waals surface area contributed by atoms with Crippen LogP contribution in [0, 0.1) is 0 Å². The molecule has 88 valence electrons. The number of nitrogens with zero attached hydrogens (tertiary/aromatic N) is 1. The molecule has 0 radical (unpaired) electrons. The lowest BCUT2D eigenvalue weighted by atomic mass is 10.2. The van der Waals surface area contributed by atoms with Gasteiger partial charge in [-0.2, -0.15) is 0 Å².